The van der Waals surface area contributed by atoms with Crippen LogP contribution in [0.4, 0.5) is 0 Å². The van der Waals surface area contributed by atoms with E-state index in [4.69, 9.17) is 4.52 Å². The highest BCUT2D eigenvalue weighted by atomic mass is 16.5. The minimum Gasteiger partial charge on any atom is -0.390 e. The molecule has 0 radical (unpaired) electrons. The van der Waals surface area contributed by atoms with Gasteiger partial charge in [-0.2, -0.15) is 0 Å². The van der Waals surface area contributed by atoms with Crippen LogP contribution in [0.25, 0.3) is 10.9 Å². The molecule has 28 heavy (non-hydrogen) atoms. The molecule has 1 fully saturated rings. The second-order valence-electron chi connectivity index (χ2n) is 7.36. The Hall–Kier alpha value is -2.77. The normalized spacial score (nSPS) is 20.4. The van der Waals surface area contributed by atoms with E-state index >= 15 is 0 Å². The number of aryl methyl sites for hydroxylation is 2. The Morgan fingerprint density at radius 1 is 1.29 bits per heavy atom. The van der Waals surface area contributed by atoms with E-state index in [1.165, 1.54) is 0 Å². The Morgan fingerprint density at radius 2 is 2.11 bits per heavy atom. The number of hydrogen-bond donors (Lipinski definition) is 2. The molecule has 1 saturated heterocycles. The number of nitrogens with one attached hydrogen (secondary N) is 1. The highest BCUT2D eigenvalue weighted by molar-refractivity contribution is 5.95. The quantitative estimate of drug-likeness (QED) is 0.721. The van der Waals surface area contributed by atoms with Crippen LogP contribution in [0, 0.1) is 13.8 Å². The lowest BCUT2D eigenvalue weighted by Crippen LogP contribution is -2.53. The number of aliphatic hydroxyl groups excluding tert-OH is 1. The van der Waals surface area contributed by atoms with Crippen molar-refractivity contribution in [2.45, 2.75) is 39.0 Å². The fourth-order valence-corrected chi connectivity index (χ4v) is 3.70. The van der Waals surface area contributed by atoms with Gasteiger partial charge < -0.3 is 14.9 Å². The van der Waals surface area contributed by atoms with Crippen LogP contribution in [0.2, 0.25) is 0 Å². The first-order valence-corrected chi connectivity index (χ1v) is 9.50. The number of amides is 1. The molecule has 1 amide bonds. The Morgan fingerprint density at radius 3 is 2.86 bits per heavy atom. The molecule has 0 saturated carbocycles. The number of benzene rings is 1. The van der Waals surface area contributed by atoms with Crippen LogP contribution in [0.3, 0.4) is 0 Å². The van der Waals surface area contributed by atoms with Crippen molar-refractivity contribution in [1.82, 2.24) is 20.4 Å². The maximum Gasteiger partial charge on any atom is 0.270 e. The van der Waals surface area contributed by atoms with E-state index in [0.717, 1.165) is 34.5 Å². The lowest BCUT2D eigenvalue weighted by Gasteiger charge is -2.36. The van der Waals surface area contributed by atoms with Gasteiger partial charge in [-0.1, -0.05) is 29.4 Å². The molecule has 1 aromatic carbocycles. The van der Waals surface area contributed by atoms with E-state index in [9.17, 15) is 9.90 Å². The number of hydrogen-bond acceptors (Lipinski definition) is 6. The van der Waals surface area contributed by atoms with E-state index in [1.807, 2.05) is 44.2 Å². The summed E-state index contributed by atoms with van der Waals surface area (Å²) in [6.45, 7) is 5.77. The van der Waals surface area contributed by atoms with Gasteiger partial charge in [-0.3, -0.25) is 9.69 Å². The molecule has 1 aliphatic rings. The second kappa shape index (κ2) is 7.69. The van der Waals surface area contributed by atoms with Gasteiger partial charge in [0.05, 0.1) is 23.4 Å². The van der Waals surface area contributed by atoms with Gasteiger partial charge in [-0.05, 0) is 32.4 Å². The number of likely N-dealkylation sites (tertiary alicyclic amines) is 1. The van der Waals surface area contributed by atoms with E-state index in [2.05, 4.69) is 20.4 Å². The number of pyridine rings is 1. The zero-order valence-corrected chi connectivity index (χ0v) is 16.1. The molecule has 0 bridgehead atoms. The minimum absolute atomic E-state index is 0.256. The zero-order chi connectivity index (χ0) is 19.7. The number of fused-ring (bicyclic) bond motifs is 1. The fourth-order valence-electron chi connectivity index (χ4n) is 3.70. The Bertz CT molecular complexity index is 981. The monoisotopic (exact) mass is 380 g/mol. The summed E-state index contributed by atoms with van der Waals surface area (Å²) in [5.74, 6) is 0.554. The van der Waals surface area contributed by atoms with Crippen LogP contribution in [-0.4, -0.2) is 51.3 Å². The van der Waals surface area contributed by atoms with Crippen LogP contribution in [0.1, 0.15) is 33.9 Å². The molecule has 7 nitrogen and oxygen atoms in total. The maximum absolute atomic E-state index is 12.6. The number of aromatic nitrogens is 2. The molecule has 2 N–H and O–H groups in total. The molecular formula is C21H24N4O3. The highest BCUT2D eigenvalue weighted by Gasteiger charge is 2.30. The summed E-state index contributed by atoms with van der Waals surface area (Å²) >= 11 is 0. The largest absolute Gasteiger partial charge is 0.390 e. The van der Waals surface area contributed by atoms with Gasteiger partial charge in [0.15, 0.2) is 0 Å². The first-order chi connectivity index (χ1) is 13.5. The molecule has 3 heterocycles. The van der Waals surface area contributed by atoms with Crippen molar-refractivity contribution in [3.05, 3.63) is 59.1 Å². The van der Waals surface area contributed by atoms with Crippen molar-refractivity contribution in [3.63, 3.8) is 0 Å². The molecule has 1 aliphatic heterocycles. The predicted octanol–water partition coefficient (Wildman–Crippen LogP) is 2.20. The third kappa shape index (κ3) is 3.76. The smallest absolute Gasteiger partial charge is 0.270 e. The van der Waals surface area contributed by atoms with E-state index < -0.39 is 6.10 Å². The lowest BCUT2D eigenvalue weighted by atomic mass is 10.0. The topological polar surface area (TPSA) is 91.5 Å². The highest BCUT2D eigenvalue weighted by Crippen LogP contribution is 2.19. The van der Waals surface area contributed by atoms with Crippen molar-refractivity contribution >= 4 is 16.8 Å². The molecule has 4 rings (SSSR count). The number of nitrogens with zero attached hydrogens (tertiary/aromatic N) is 3. The number of β-amino-alcohol motifs (C(OH)–C–C–N with tert-alkyl or cyclic N) is 1. The second-order valence-corrected chi connectivity index (χ2v) is 7.36. The van der Waals surface area contributed by atoms with Crippen LogP contribution in [0.15, 0.2) is 40.9 Å². The zero-order valence-electron chi connectivity index (χ0n) is 16.1. The van der Waals surface area contributed by atoms with E-state index in [1.54, 1.807) is 6.07 Å². The molecule has 146 valence electrons. The third-order valence-corrected chi connectivity index (χ3v) is 5.38. The van der Waals surface area contributed by atoms with Gasteiger partial charge >= 0.3 is 0 Å². The van der Waals surface area contributed by atoms with Gasteiger partial charge in [0.25, 0.3) is 5.91 Å². The average molecular weight is 380 g/mol. The number of para-hydroxylation sites is 1. The van der Waals surface area contributed by atoms with Crippen molar-refractivity contribution in [2.75, 3.05) is 13.1 Å². The van der Waals surface area contributed by atoms with Crippen LogP contribution in [-0.2, 0) is 6.54 Å². The Balaban J connectivity index is 1.38. The Labute approximate surface area is 163 Å². The molecule has 7 heteroatoms. The van der Waals surface area contributed by atoms with Crippen molar-refractivity contribution in [2.24, 2.45) is 0 Å². The molecule has 0 aliphatic carbocycles. The van der Waals surface area contributed by atoms with Crippen molar-refractivity contribution in [3.8, 4) is 0 Å². The summed E-state index contributed by atoms with van der Waals surface area (Å²) < 4.78 is 5.21. The van der Waals surface area contributed by atoms with Crippen molar-refractivity contribution < 1.29 is 14.4 Å². The predicted molar refractivity (Wildman–Crippen MR) is 105 cm³/mol. The van der Waals surface area contributed by atoms with Gasteiger partial charge in [0.2, 0.25) is 0 Å². The molecule has 3 aromatic rings. The van der Waals surface area contributed by atoms with E-state index in [0.29, 0.717) is 25.2 Å². The number of piperidine rings is 1. The van der Waals surface area contributed by atoms with Crippen LogP contribution >= 0.6 is 0 Å². The molecule has 0 spiro atoms. The van der Waals surface area contributed by atoms with Gasteiger partial charge in [-0.25, -0.2) is 4.98 Å². The van der Waals surface area contributed by atoms with Gasteiger partial charge in [-0.15, -0.1) is 0 Å². The molecular weight excluding hydrogens is 356 g/mol. The molecule has 2 atom stereocenters. The first-order valence-electron chi connectivity index (χ1n) is 9.50. The summed E-state index contributed by atoms with van der Waals surface area (Å²) in [6, 6.07) is 11.0. The fraction of sp³-hybridized carbons (Fsp3) is 0.381. The maximum atomic E-state index is 12.6. The molecule has 2 aromatic heterocycles. The summed E-state index contributed by atoms with van der Waals surface area (Å²) in [5.41, 5.74) is 3.09. The number of carbonyl (C=O) groups excluding carboxylic acids is 1. The summed E-state index contributed by atoms with van der Waals surface area (Å²) in [5, 5.41) is 18.5. The number of carbonyl (C=O) groups is 1. The van der Waals surface area contributed by atoms with Crippen LogP contribution in [0.5, 0.6) is 0 Å². The van der Waals surface area contributed by atoms with Crippen molar-refractivity contribution in [1.29, 1.82) is 0 Å². The first kappa shape index (κ1) is 18.6. The minimum atomic E-state index is -0.640. The summed E-state index contributed by atoms with van der Waals surface area (Å²) in [7, 11) is 0. The van der Waals surface area contributed by atoms with E-state index in [-0.39, 0.29) is 11.9 Å². The summed E-state index contributed by atoms with van der Waals surface area (Å²) in [6.07, 6.45) is 0.0303. The number of aliphatic hydroxyl groups is 1. The van der Waals surface area contributed by atoms with Crippen LogP contribution < -0.4 is 5.32 Å². The van der Waals surface area contributed by atoms with Gasteiger partial charge in [0.1, 0.15) is 11.5 Å². The average Bonchev–Trinajstić information content (AvgIpc) is 3.01. The Kier molecular flexibility index (Phi) is 5.11. The summed E-state index contributed by atoms with van der Waals surface area (Å²) in [4.78, 5) is 19.2. The lowest BCUT2D eigenvalue weighted by molar-refractivity contribution is 0.0346. The van der Waals surface area contributed by atoms with Gasteiger partial charge in [0, 0.05) is 30.6 Å². The SMILES string of the molecule is Cc1noc(C)c1CN1CC[C@@H](NC(=O)c2ccc3ccccc3n2)[C@H](O)C1. The standard InChI is InChI=1S/C21H24N4O3/c1-13-16(14(2)28-24-13)11-25-10-9-18(20(26)12-25)23-21(27)19-8-7-15-5-3-4-6-17(15)22-19/h3-8,18,20,26H,9-12H2,1-2H3,(H,23,27)/t18-,20-/m1/s1. The number of rotatable bonds is 4. The third-order valence-electron chi connectivity index (χ3n) is 5.38. The molecule has 0 unspecified atom stereocenters.